The van der Waals surface area contributed by atoms with Gasteiger partial charge in [0.2, 0.25) is 5.43 Å². The van der Waals surface area contributed by atoms with Gasteiger partial charge in [-0.1, -0.05) is 0 Å². The fourth-order valence-corrected chi connectivity index (χ4v) is 3.27. The third-order valence-electron chi connectivity index (χ3n) is 4.03. The third kappa shape index (κ3) is 3.56. The first-order chi connectivity index (χ1) is 11.1. The smallest absolute Gasteiger partial charge is 0.341 e. The number of rotatable bonds is 4. The van der Waals surface area contributed by atoms with E-state index in [-0.39, 0.29) is 5.56 Å². The van der Waals surface area contributed by atoms with Gasteiger partial charge in [-0.05, 0) is 40.8 Å². The molecule has 0 spiro atoms. The molecule has 0 aliphatic carbocycles. The number of aromatic carboxylic acids is 1. The Balaban J connectivity index is 1.99. The molecule has 2 aromatic rings. The Morgan fingerprint density at radius 1 is 1.26 bits per heavy atom. The van der Waals surface area contributed by atoms with Crippen LogP contribution in [0.1, 0.15) is 10.4 Å². The Hall–Kier alpha value is -1.45. The number of hydrogen-bond donors (Lipinski definition) is 1. The van der Waals surface area contributed by atoms with E-state index < -0.39 is 11.4 Å². The maximum absolute atomic E-state index is 12.4. The van der Waals surface area contributed by atoms with E-state index in [0.717, 1.165) is 41.9 Å². The van der Waals surface area contributed by atoms with Crippen molar-refractivity contribution in [1.29, 1.82) is 0 Å². The molecule has 1 aromatic heterocycles. The first kappa shape index (κ1) is 16.4. The Kier molecular flexibility index (Phi) is 4.98. The summed E-state index contributed by atoms with van der Waals surface area (Å²) in [5.74, 6) is -1.18. The van der Waals surface area contributed by atoms with Crippen LogP contribution in [0.4, 0.5) is 0 Å². The molecule has 122 valence electrons. The van der Waals surface area contributed by atoms with Crippen LogP contribution in [0.3, 0.4) is 0 Å². The Morgan fingerprint density at radius 3 is 2.70 bits per heavy atom. The second-order valence-electron chi connectivity index (χ2n) is 5.49. The van der Waals surface area contributed by atoms with Crippen LogP contribution >= 0.6 is 22.6 Å². The molecule has 1 aliphatic heterocycles. The van der Waals surface area contributed by atoms with Gasteiger partial charge in [-0.25, -0.2) is 4.79 Å². The van der Waals surface area contributed by atoms with Crippen LogP contribution in [0.15, 0.2) is 29.2 Å². The molecule has 1 fully saturated rings. The van der Waals surface area contributed by atoms with E-state index in [0.29, 0.717) is 11.9 Å². The van der Waals surface area contributed by atoms with Gasteiger partial charge in [0.1, 0.15) is 5.56 Å². The van der Waals surface area contributed by atoms with Gasteiger partial charge in [0.25, 0.3) is 0 Å². The van der Waals surface area contributed by atoms with E-state index in [4.69, 9.17) is 4.74 Å². The number of carbonyl (C=O) groups is 1. The minimum atomic E-state index is -1.18. The molecule has 0 bridgehead atoms. The quantitative estimate of drug-likeness (QED) is 0.750. The lowest BCUT2D eigenvalue weighted by Crippen LogP contribution is -2.38. The van der Waals surface area contributed by atoms with E-state index in [9.17, 15) is 14.7 Å². The average Bonchev–Trinajstić information content (AvgIpc) is 2.55. The Morgan fingerprint density at radius 2 is 2.00 bits per heavy atom. The number of hydrogen-bond acceptors (Lipinski definition) is 4. The highest BCUT2D eigenvalue weighted by molar-refractivity contribution is 14.1. The molecular weight excluding hydrogens is 411 g/mol. The average molecular weight is 428 g/mol. The van der Waals surface area contributed by atoms with Gasteiger partial charge in [0.05, 0.1) is 18.7 Å². The Labute approximate surface area is 146 Å². The zero-order valence-electron chi connectivity index (χ0n) is 12.5. The molecule has 0 saturated carbocycles. The lowest BCUT2D eigenvalue weighted by atomic mass is 10.1. The minimum absolute atomic E-state index is 0.179. The molecule has 1 aromatic carbocycles. The molecule has 0 atom stereocenters. The molecule has 6 nitrogen and oxygen atoms in total. The van der Waals surface area contributed by atoms with E-state index in [1.165, 1.54) is 6.20 Å². The van der Waals surface area contributed by atoms with Gasteiger partial charge in [-0.3, -0.25) is 9.69 Å². The van der Waals surface area contributed by atoms with Crippen molar-refractivity contribution in [2.75, 3.05) is 32.8 Å². The summed E-state index contributed by atoms with van der Waals surface area (Å²) in [5, 5.41) is 9.75. The SMILES string of the molecule is O=C(O)c1cn(CCN2CCOCC2)c2ccc(I)cc2c1=O. The zero-order valence-corrected chi connectivity index (χ0v) is 14.7. The molecular formula is C16H17IN2O4. The van der Waals surface area contributed by atoms with Gasteiger partial charge >= 0.3 is 5.97 Å². The molecule has 0 radical (unpaired) electrons. The number of ether oxygens (including phenoxy) is 1. The molecule has 0 unspecified atom stereocenters. The predicted octanol–water partition coefficient (Wildman–Crippen LogP) is 1.64. The standard InChI is InChI=1S/C16H17IN2O4/c17-11-1-2-14-12(9-11)15(20)13(16(21)22)10-19(14)4-3-18-5-7-23-8-6-18/h1-2,9-10H,3-8H2,(H,21,22). The summed E-state index contributed by atoms with van der Waals surface area (Å²) < 4.78 is 8.11. The highest BCUT2D eigenvalue weighted by atomic mass is 127. The summed E-state index contributed by atoms with van der Waals surface area (Å²) in [5.41, 5.74) is 0.170. The summed E-state index contributed by atoms with van der Waals surface area (Å²) in [7, 11) is 0. The number of nitrogens with zero attached hydrogens (tertiary/aromatic N) is 2. The van der Waals surface area contributed by atoms with Crippen LogP contribution in [0.5, 0.6) is 0 Å². The van der Waals surface area contributed by atoms with Gasteiger partial charge in [-0.15, -0.1) is 0 Å². The number of fused-ring (bicyclic) bond motifs is 1. The highest BCUT2D eigenvalue weighted by Gasteiger charge is 2.16. The van der Waals surface area contributed by atoms with Crippen LogP contribution < -0.4 is 5.43 Å². The van der Waals surface area contributed by atoms with Crippen molar-refractivity contribution in [2.45, 2.75) is 6.54 Å². The second kappa shape index (κ2) is 6.98. The summed E-state index contributed by atoms with van der Waals surface area (Å²) in [6.45, 7) is 4.64. The van der Waals surface area contributed by atoms with E-state index in [1.807, 2.05) is 16.7 Å². The van der Waals surface area contributed by atoms with E-state index in [1.54, 1.807) is 6.07 Å². The van der Waals surface area contributed by atoms with Crippen LogP contribution in [0.25, 0.3) is 10.9 Å². The summed E-state index contributed by atoms with van der Waals surface area (Å²) in [4.78, 5) is 26.0. The number of pyridine rings is 1. The van der Waals surface area contributed by atoms with Crippen LogP contribution in [0.2, 0.25) is 0 Å². The van der Waals surface area contributed by atoms with Crippen molar-refractivity contribution < 1.29 is 14.6 Å². The van der Waals surface area contributed by atoms with Crippen molar-refractivity contribution in [3.8, 4) is 0 Å². The second-order valence-corrected chi connectivity index (χ2v) is 6.73. The van der Waals surface area contributed by atoms with E-state index in [2.05, 4.69) is 27.5 Å². The normalized spacial score (nSPS) is 15.9. The summed E-state index contributed by atoms with van der Waals surface area (Å²) >= 11 is 2.12. The molecule has 1 aliphatic rings. The molecule has 1 N–H and O–H groups in total. The molecule has 3 rings (SSSR count). The Bertz CT molecular complexity index is 797. The highest BCUT2D eigenvalue weighted by Crippen LogP contribution is 2.16. The monoisotopic (exact) mass is 428 g/mol. The maximum Gasteiger partial charge on any atom is 0.341 e. The van der Waals surface area contributed by atoms with Crippen molar-refractivity contribution >= 4 is 39.5 Å². The topological polar surface area (TPSA) is 71.8 Å². The van der Waals surface area contributed by atoms with Crippen molar-refractivity contribution in [3.05, 3.63) is 43.8 Å². The molecule has 2 heterocycles. The van der Waals surface area contributed by atoms with Gasteiger partial charge in [0.15, 0.2) is 0 Å². The molecule has 7 heteroatoms. The van der Waals surface area contributed by atoms with Crippen LogP contribution in [-0.2, 0) is 11.3 Å². The minimum Gasteiger partial charge on any atom is -0.477 e. The predicted molar refractivity (Wildman–Crippen MR) is 95.1 cm³/mol. The first-order valence-electron chi connectivity index (χ1n) is 7.42. The fraction of sp³-hybridized carbons (Fsp3) is 0.375. The van der Waals surface area contributed by atoms with Gasteiger partial charge in [-0.2, -0.15) is 0 Å². The lowest BCUT2D eigenvalue weighted by Gasteiger charge is -2.27. The van der Waals surface area contributed by atoms with Crippen LogP contribution in [0, 0.1) is 3.57 Å². The van der Waals surface area contributed by atoms with E-state index >= 15 is 0 Å². The first-order valence-corrected chi connectivity index (χ1v) is 8.50. The van der Waals surface area contributed by atoms with Crippen molar-refractivity contribution in [2.24, 2.45) is 0 Å². The third-order valence-corrected chi connectivity index (χ3v) is 4.70. The number of benzene rings is 1. The fourth-order valence-electron chi connectivity index (χ4n) is 2.78. The molecule has 1 saturated heterocycles. The van der Waals surface area contributed by atoms with Crippen molar-refractivity contribution in [1.82, 2.24) is 9.47 Å². The van der Waals surface area contributed by atoms with Gasteiger partial charge in [0, 0.05) is 41.3 Å². The molecule has 23 heavy (non-hydrogen) atoms. The number of carboxylic acid groups (broad SMARTS) is 1. The molecule has 0 amide bonds. The van der Waals surface area contributed by atoms with Crippen LogP contribution in [-0.4, -0.2) is 53.4 Å². The van der Waals surface area contributed by atoms with Gasteiger partial charge < -0.3 is 14.4 Å². The summed E-state index contributed by atoms with van der Waals surface area (Å²) in [6.07, 6.45) is 1.46. The largest absolute Gasteiger partial charge is 0.477 e. The number of morpholine rings is 1. The number of carboxylic acids is 1. The summed E-state index contributed by atoms with van der Waals surface area (Å²) in [6, 6.07) is 5.55. The number of halogens is 1. The number of aromatic nitrogens is 1. The lowest BCUT2D eigenvalue weighted by molar-refractivity contribution is 0.0365. The van der Waals surface area contributed by atoms with Crippen molar-refractivity contribution in [3.63, 3.8) is 0 Å². The zero-order chi connectivity index (χ0) is 16.4. The maximum atomic E-state index is 12.4.